The molecule has 80 valence electrons. The fraction of sp³-hybridized carbons (Fsp3) is 0.417. The predicted molar refractivity (Wildman–Crippen MR) is 59.5 cm³/mol. The van der Waals surface area contributed by atoms with E-state index in [1.807, 2.05) is 6.07 Å². The Morgan fingerprint density at radius 3 is 2.67 bits per heavy atom. The van der Waals surface area contributed by atoms with Crippen molar-refractivity contribution < 1.29 is 4.79 Å². The first-order valence-corrected chi connectivity index (χ1v) is 5.36. The zero-order valence-electron chi connectivity index (χ0n) is 8.65. The van der Waals surface area contributed by atoms with Crippen molar-refractivity contribution in [2.45, 2.75) is 31.2 Å². The molecule has 2 atom stereocenters. The maximum Gasteiger partial charge on any atom is 0.312 e. The number of nitrogens with one attached hydrogen (secondary N) is 1. The van der Waals surface area contributed by atoms with Crippen LogP contribution in [0.3, 0.4) is 0 Å². The molecule has 3 nitrogen and oxygen atoms in total. The second kappa shape index (κ2) is 4.34. The van der Waals surface area contributed by atoms with Crippen molar-refractivity contribution in [3.8, 4) is 0 Å². The van der Waals surface area contributed by atoms with Gasteiger partial charge in [-0.15, -0.1) is 0 Å². The number of hydrogen-bond acceptors (Lipinski definition) is 1. The molecule has 3 heteroatoms. The van der Waals surface area contributed by atoms with Crippen LogP contribution in [0.1, 0.15) is 30.7 Å². The highest BCUT2D eigenvalue weighted by Crippen LogP contribution is 2.34. The zero-order valence-corrected chi connectivity index (χ0v) is 8.65. The summed E-state index contributed by atoms with van der Waals surface area (Å²) in [4.78, 5) is 10.7. The maximum absolute atomic E-state index is 10.7. The van der Waals surface area contributed by atoms with Crippen LogP contribution in [-0.2, 0) is 0 Å². The molecule has 1 fully saturated rings. The second-order valence-corrected chi connectivity index (χ2v) is 4.13. The molecule has 2 amide bonds. The van der Waals surface area contributed by atoms with Crippen molar-refractivity contribution in [1.82, 2.24) is 5.32 Å². The molecular formula is C12H16N2O. The molecule has 1 aliphatic carbocycles. The van der Waals surface area contributed by atoms with E-state index in [2.05, 4.69) is 29.6 Å². The Balaban J connectivity index is 1.96. The summed E-state index contributed by atoms with van der Waals surface area (Å²) in [5.74, 6) is 0.572. The fourth-order valence-electron chi connectivity index (χ4n) is 2.34. The van der Waals surface area contributed by atoms with E-state index in [1.54, 1.807) is 0 Å². The fourth-order valence-corrected chi connectivity index (χ4v) is 2.34. The molecule has 0 saturated heterocycles. The molecule has 0 radical (unpaired) electrons. The first-order valence-electron chi connectivity index (χ1n) is 5.36. The summed E-state index contributed by atoms with van der Waals surface area (Å²) in [5, 5.41) is 2.78. The molecular weight excluding hydrogens is 188 g/mol. The summed E-state index contributed by atoms with van der Waals surface area (Å²) < 4.78 is 0. The SMILES string of the molecule is NC(=O)N[C@H]1CC[C@@H](c2ccccc2)C1. The van der Waals surface area contributed by atoms with Gasteiger partial charge in [0, 0.05) is 6.04 Å². The first kappa shape index (κ1) is 10.0. The lowest BCUT2D eigenvalue weighted by molar-refractivity contribution is 0.245. The summed E-state index contributed by atoms with van der Waals surface area (Å²) >= 11 is 0. The van der Waals surface area contributed by atoms with Gasteiger partial charge in [0.25, 0.3) is 0 Å². The highest BCUT2D eigenvalue weighted by Gasteiger charge is 2.26. The highest BCUT2D eigenvalue weighted by molar-refractivity contribution is 5.72. The molecule has 2 rings (SSSR count). The monoisotopic (exact) mass is 204 g/mol. The van der Waals surface area contributed by atoms with Crippen molar-refractivity contribution in [1.29, 1.82) is 0 Å². The van der Waals surface area contributed by atoms with Crippen molar-refractivity contribution in [2.75, 3.05) is 0 Å². The number of nitrogens with two attached hydrogens (primary N) is 1. The van der Waals surface area contributed by atoms with Crippen LogP contribution in [0.15, 0.2) is 30.3 Å². The third kappa shape index (κ3) is 2.49. The van der Waals surface area contributed by atoms with Crippen LogP contribution < -0.4 is 11.1 Å². The Kier molecular flexibility index (Phi) is 2.90. The molecule has 1 aromatic carbocycles. The zero-order chi connectivity index (χ0) is 10.7. The number of carbonyl (C=O) groups excluding carboxylic acids is 1. The summed E-state index contributed by atoms with van der Waals surface area (Å²) in [6, 6.07) is 10.3. The number of urea groups is 1. The van der Waals surface area contributed by atoms with Gasteiger partial charge in [-0.1, -0.05) is 30.3 Å². The predicted octanol–water partition coefficient (Wildman–Crippen LogP) is 1.99. The van der Waals surface area contributed by atoms with Gasteiger partial charge in [0.2, 0.25) is 0 Å². The van der Waals surface area contributed by atoms with E-state index in [0.717, 1.165) is 19.3 Å². The van der Waals surface area contributed by atoms with Crippen LogP contribution >= 0.6 is 0 Å². The second-order valence-electron chi connectivity index (χ2n) is 4.13. The highest BCUT2D eigenvalue weighted by atomic mass is 16.2. The Labute approximate surface area is 89.7 Å². The maximum atomic E-state index is 10.7. The largest absolute Gasteiger partial charge is 0.352 e. The average molecular weight is 204 g/mol. The van der Waals surface area contributed by atoms with Gasteiger partial charge in [-0.3, -0.25) is 0 Å². The third-order valence-corrected chi connectivity index (χ3v) is 3.05. The Hall–Kier alpha value is -1.51. The summed E-state index contributed by atoms with van der Waals surface area (Å²) in [6.07, 6.45) is 3.17. The number of carbonyl (C=O) groups is 1. The van der Waals surface area contributed by atoms with Gasteiger partial charge < -0.3 is 11.1 Å². The molecule has 1 saturated carbocycles. The molecule has 15 heavy (non-hydrogen) atoms. The number of rotatable bonds is 2. The van der Waals surface area contributed by atoms with Gasteiger partial charge in [0.1, 0.15) is 0 Å². The molecule has 0 aromatic heterocycles. The van der Waals surface area contributed by atoms with Crippen molar-refractivity contribution in [3.05, 3.63) is 35.9 Å². The van der Waals surface area contributed by atoms with Gasteiger partial charge in [0.15, 0.2) is 0 Å². The van der Waals surface area contributed by atoms with Crippen LogP contribution in [-0.4, -0.2) is 12.1 Å². The normalized spacial score (nSPS) is 25.1. The number of primary amides is 1. The number of hydrogen-bond donors (Lipinski definition) is 2. The van der Waals surface area contributed by atoms with Gasteiger partial charge in [-0.05, 0) is 30.7 Å². The lowest BCUT2D eigenvalue weighted by Crippen LogP contribution is -2.36. The Bertz CT molecular complexity index is 337. The van der Waals surface area contributed by atoms with Crippen molar-refractivity contribution >= 4 is 6.03 Å². The molecule has 3 N–H and O–H groups in total. The minimum Gasteiger partial charge on any atom is -0.352 e. The molecule has 0 heterocycles. The Morgan fingerprint density at radius 1 is 1.27 bits per heavy atom. The van der Waals surface area contributed by atoms with Crippen molar-refractivity contribution in [2.24, 2.45) is 5.73 Å². The molecule has 0 unspecified atom stereocenters. The van der Waals surface area contributed by atoms with Gasteiger partial charge in [0.05, 0.1) is 0 Å². The van der Waals surface area contributed by atoms with E-state index in [-0.39, 0.29) is 6.04 Å². The summed E-state index contributed by atoms with van der Waals surface area (Å²) in [7, 11) is 0. The minimum atomic E-state index is -0.409. The van der Waals surface area contributed by atoms with Crippen LogP contribution in [0.2, 0.25) is 0 Å². The van der Waals surface area contributed by atoms with Crippen LogP contribution in [0.5, 0.6) is 0 Å². The van der Waals surface area contributed by atoms with Crippen LogP contribution in [0.4, 0.5) is 4.79 Å². The van der Waals surface area contributed by atoms with E-state index >= 15 is 0 Å². The third-order valence-electron chi connectivity index (χ3n) is 3.05. The lowest BCUT2D eigenvalue weighted by Gasteiger charge is -2.11. The summed E-state index contributed by atoms with van der Waals surface area (Å²) in [6.45, 7) is 0. The quantitative estimate of drug-likeness (QED) is 0.760. The molecule has 0 bridgehead atoms. The number of amides is 2. The number of benzene rings is 1. The van der Waals surface area contributed by atoms with E-state index in [0.29, 0.717) is 5.92 Å². The first-order chi connectivity index (χ1) is 7.25. The standard InChI is InChI=1S/C12H16N2O/c13-12(15)14-11-7-6-10(8-11)9-4-2-1-3-5-9/h1-5,10-11H,6-8H2,(H3,13,14,15)/t10-,11+/m1/s1. The van der Waals surface area contributed by atoms with Crippen LogP contribution in [0, 0.1) is 0 Å². The van der Waals surface area contributed by atoms with Gasteiger partial charge in [-0.25, -0.2) is 4.79 Å². The van der Waals surface area contributed by atoms with E-state index < -0.39 is 6.03 Å². The Morgan fingerprint density at radius 2 is 2.00 bits per heavy atom. The van der Waals surface area contributed by atoms with Gasteiger partial charge in [-0.2, -0.15) is 0 Å². The van der Waals surface area contributed by atoms with E-state index in [9.17, 15) is 4.79 Å². The van der Waals surface area contributed by atoms with E-state index in [1.165, 1.54) is 5.56 Å². The van der Waals surface area contributed by atoms with Crippen molar-refractivity contribution in [3.63, 3.8) is 0 Å². The van der Waals surface area contributed by atoms with Crippen LogP contribution in [0.25, 0.3) is 0 Å². The summed E-state index contributed by atoms with van der Waals surface area (Å²) in [5.41, 5.74) is 6.47. The topological polar surface area (TPSA) is 55.1 Å². The minimum absolute atomic E-state index is 0.257. The lowest BCUT2D eigenvalue weighted by atomic mass is 9.98. The van der Waals surface area contributed by atoms with Gasteiger partial charge >= 0.3 is 6.03 Å². The molecule has 0 aliphatic heterocycles. The average Bonchev–Trinajstić information content (AvgIpc) is 2.67. The molecule has 1 aromatic rings. The van der Waals surface area contributed by atoms with E-state index in [4.69, 9.17) is 5.73 Å². The smallest absolute Gasteiger partial charge is 0.312 e. The molecule has 0 spiro atoms. The molecule has 1 aliphatic rings.